The Balaban J connectivity index is 2.54. The lowest BCUT2D eigenvalue weighted by Crippen LogP contribution is -2.08. The molecule has 3 heteroatoms. The minimum atomic E-state index is -0.101. The predicted molar refractivity (Wildman–Crippen MR) is 52.4 cm³/mol. The van der Waals surface area contributed by atoms with Crippen LogP contribution in [0, 0.1) is 0 Å². The Morgan fingerprint density at radius 2 is 2.07 bits per heavy atom. The van der Waals surface area contributed by atoms with Crippen molar-refractivity contribution in [2.75, 3.05) is 6.61 Å². The zero-order valence-electron chi connectivity index (χ0n) is 7.64. The van der Waals surface area contributed by atoms with Gasteiger partial charge in [-0.05, 0) is 18.1 Å². The van der Waals surface area contributed by atoms with Crippen molar-refractivity contribution < 1.29 is 15.3 Å². The summed E-state index contributed by atoms with van der Waals surface area (Å²) >= 11 is 0. The Labute approximate surface area is 81.9 Å². The lowest BCUT2D eigenvalue weighted by atomic mass is 9.87. The van der Waals surface area contributed by atoms with Crippen molar-refractivity contribution in [3.05, 3.63) is 35.4 Å². The number of phenolic OH excluding ortho intramolecular Hbond substituents is 2. The lowest BCUT2D eigenvalue weighted by molar-refractivity contribution is 0.281. The van der Waals surface area contributed by atoms with E-state index in [1.165, 1.54) is 6.07 Å². The van der Waals surface area contributed by atoms with Gasteiger partial charge in [-0.15, -0.1) is 0 Å². The van der Waals surface area contributed by atoms with Crippen molar-refractivity contribution in [3.8, 4) is 11.5 Å². The smallest absolute Gasteiger partial charge is 0.161 e. The molecule has 0 bridgehead atoms. The van der Waals surface area contributed by atoms with Crippen LogP contribution in [0.15, 0.2) is 24.3 Å². The van der Waals surface area contributed by atoms with Crippen molar-refractivity contribution >= 4 is 0 Å². The minimum Gasteiger partial charge on any atom is -0.504 e. The summed E-state index contributed by atoms with van der Waals surface area (Å²) in [4.78, 5) is 0. The maximum absolute atomic E-state index is 9.59. The average Bonchev–Trinajstić information content (AvgIpc) is 2.23. The summed E-state index contributed by atoms with van der Waals surface area (Å²) < 4.78 is 0. The van der Waals surface area contributed by atoms with E-state index in [0.717, 1.165) is 5.56 Å². The number of rotatable bonds is 1. The molecule has 3 N–H and O–H groups in total. The number of hydrogen-bond donors (Lipinski definition) is 3. The fraction of sp³-hybridized carbons (Fsp3) is 0.273. The summed E-state index contributed by atoms with van der Waals surface area (Å²) in [5, 5.41) is 28.0. The molecule has 14 heavy (non-hydrogen) atoms. The van der Waals surface area contributed by atoms with Crippen LogP contribution in [0.2, 0.25) is 0 Å². The highest BCUT2D eigenvalue weighted by atomic mass is 16.3. The fourth-order valence-electron chi connectivity index (χ4n) is 1.81. The number of hydrogen-bond acceptors (Lipinski definition) is 3. The molecule has 0 radical (unpaired) electrons. The number of aliphatic hydroxyl groups is 1. The highest BCUT2D eigenvalue weighted by Gasteiger charge is 2.19. The molecule has 3 nitrogen and oxygen atoms in total. The summed E-state index contributed by atoms with van der Waals surface area (Å²) in [5.41, 5.74) is 1.61. The van der Waals surface area contributed by atoms with Crippen molar-refractivity contribution in [2.24, 2.45) is 0 Å². The molecule has 0 heterocycles. The summed E-state index contributed by atoms with van der Waals surface area (Å²) in [7, 11) is 0. The van der Waals surface area contributed by atoms with Crippen LogP contribution in [0.1, 0.15) is 17.0 Å². The number of benzene rings is 1. The van der Waals surface area contributed by atoms with Gasteiger partial charge < -0.3 is 15.3 Å². The van der Waals surface area contributed by atoms with Crippen LogP contribution in [-0.2, 0) is 6.42 Å². The van der Waals surface area contributed by atoms with E-state index in [1.54, 1.807) is 6.07 Å². The van der Waals surface area contributed by atoms with E-state index in [1.807, 2.05) is 12.2 Å². The van der Waals surface area contributed by atoms with Gasteiger partial charge >= 0.3 is 0 Å². The van der Waals surface area contributed by atoms with E-state index in [9.17, 15) is 10.2 Å². The second kappa shape index (κ2) is 3.35. The molecule has 0 saturated carbocycles. The van der Waals surface area contributed by atoms with Gasteiger partial charge in [-0.2, -0.15) is 0 Å². The Morgan fingerprint density at radius 3 is 2.79 bits per heavy atom. The third-order valence-corrected chi connectivity index (χ3v) is 2.58. The number of phenols is 2. The Bertz CT molecular complexity index is 382. The molecule has 1 aliphatic rings. The van der Waals surface area contributed by atoms with Crippen LogP contribution < -0.4 is 0 Å². The summed E-state index contributed by atoms with van der Waals surface area (Å²) in [6.07, 6.45) is 4.41. The highest BCUT2D eigenvalue weighted by Crippen LogP contribution is 2.37. The van der Waals surface area contributed by atoms with Gasteiger partial charge in [0.15, 0.2) is 11.5 Å². The topological polar surface area (TPSA) is 60.7 Å². The highest BCUT2D eigenvalue weighted by molar-refractivity contribution is 5.53. The first-order valence-electron chi connectivity index (χ1n) is 4.55. The molecule has 0 spiro atoms. The first kappa shape index (κ1) is 9.09. The third-order valence-electron chi connectivity index (χ3n) is 2.58. The molecule has 2 rings (SSSR count). The van der Waals surface area contributed by atoms with E-state index in [2.05, 4.69) is 0 Å². The van der Waals surface area contributed by atoms with E-state index < -0.39 is 0 Å². The van der Waals surface area contributed by atoms with Crippen LogP contribution in [0.25, 0.3) is 0 Å². The van der Waals surface area contributed by atoms with Crippen molar-refractivity contribution in [1.82, 2.24) is 0 Å². The first-order valence-corrected chi connectivity index (χ1v) is 4.55. The molecule has 0 amide bonds. The monoisotopic (exact) mass is 192 g/mol. The standard InChI is InChI=1S/C11H12O3/c12-6-7-2-1-3-9-8(7)4-5-10(13)11(9)14/h1-2,4-5,7,12-14H,3,6H2. The minimum absolute atomic E-state index is 0.0215. The first-order chi connectivity index (χ1) is 6.74. The quantitative estimate of drug-likeness (QED) is 0.464. The number of aliphatic hydroxyl groups excluding tert-OH is 1. The zero-order chi connectivity index (χ0) is 10.1. The summed E-state index contributed by atoms with van der Waals surface area (Å²) in [6.45, 7) is 0.0215. The lowest BCUT2D eigenvalue weighted by Gasteiger charge is -2.20. The number of allylic oxidation sites excluding steroid dienone is 1. The van der Waals surface area contributed by atoms with Gasteiger partial charge in [0, 0.05) is 11.5 Å². The second-order valence-electron chi connectivity index (χ2n) is 3.42. The van der Waals surface area contributed by atoms with Gasteiger partial charge in [0.05, 0.1) is 6.61 Å². The van der Waals surface area contributed by atoms with Gasteiger partial charge in [0.2, 0.25) is 0 Å². The Kier molecular flexibility index (Phi) is 2.17. The molecule has 1 aromatic carbocycles. The molecule has 1 unspecified atom stereocenters. The van der Waals surface area contributed by atoms with E-state index in [4.69, 9.17) is 5.11 Å². The van der Waals surface area contributed by atoms with Crippen molar-refractivity contribution in [2.45, 2.75) is 12.3 Å². The predicted octanol–water partition coefficient (Wildman–Crippen LogP) is 1.29. The van der Waals surface area contributed by atoms with Gasteiger partial charge in [-0.1, -0.05) is 18.2 Å². The molecule has 1 aliphatic carbocycles. The molecular formula is C11H12O3. The van der Waals surface area contributed by atoms with Gasteiger partial charge in [-0.25, -0.2) is 0 Å². The molecule has 1 atom stereocenters. The number of aromatic hydroxyl groups is 2. The van der Waals surface area contributed by atoms with Gasteiger partial charge in [0.1, 0.15) is 0 Å². The largest absolute Gasteiger partial charge is 0.504 e. The second-order valence-corrected chi connectivity index (χ2v) is 3.42. The zero-order valence-corrected chi connectivity index (χ0v) is 7.64. The molecule has 0 saturated heterocycles. The normalized spacial score (nSPS) is 19.4. The summed E-state index contributed by atoms with van der Waals surface area (Å²) in [5.74, 6) is -0.230. The van der Waals surface area contributed by atoms with Crippen LogP contribution in [0.3, 0.4) is 0 Å². The number of fused-ring (bicyclic) bond motifs is 1. The maximum atomic E-state index is 9.59. The Hall–Kier alpha value is -1.48. The van der Waals surface area contributed by atoms with Gasteiger partial charge in [-0.3, -0.25) is 0 Å². The fourth-order valence-corrected chi connectivity index (χ4v) is 1.81. The van der Waals surface area contributed by atoms with Crippen LogP contribution in [0.4, 0.5) is 0 Å². The molecule has 1 aromatic rings. The third kappa shape index (κ3) is 1.26. The van der Waals surface area contributed by atoms with Crippen molar-refractivity contribution in [1.29, 1.82) is 0 Å². The van der Waals surface area contributed by atoms with Gasteiger partial charge in [0.25, 0.3) is 0 Å². The van der Waals surface area contributed by atoms with Crippen LogP contribution >= 0.6 is 0 Å². The SMILES string of the molecule is OCC1C=CCc2c1ccc(O)c2O. The molecule has 0 fully saturated rings. The van der Waals surface area contributed by atoms with E-state index >= 15 is 0 Å². The van der Waals surface area contributed by atoms with Crippen molar-refractivity contribution in [3.63, 3.8) is 0 Å². The molecule has 0 aromatic heterocycles. The van der Waals surface area contributed by atoms with Crippen LogP contribution in [0.5, 0.6) is 11.5 Å². The molecule has 0 aliphatic heterocycles. The maximum Gasteiger partial charge on any atom is 0.161 e. The molecule has 74 valence electrons. The average molecular weight is 192 g/mol. The van der Waals surface area contributed by atoms with Crippen LogP contribution in [-0.4, -0.2) is 21.9 Å². The molecular weight excluding hydrogens is 180 g/mol. The Morgan fingerprint density at radius 1 is 1.29 bits per heavy atom. The van der Waals surface area contributed by atoms with E-state index in [-0.39, 0.29) is 24.0 Å². The summed E-state index contributed by atoms with van der Waals surface area (Å²) in [6, 6.07) is 3.20. The van der Waals surface area contributed by atoms with E-state index in [0.29, 0.717) is 12.0 Å².